The Hall–Kier alpha value is -3.48. The Balaban J connectivity index is 1.72. The zero-order chi connectivity index (χ0) is 19.2. The molecule has 6 nitrogen and oxygen atoms in total. The number of rotatable bonds is 6. The molecule has 27 heavy (non-hydrogen) atoms. The van der Waals surface area contributed by atoms with Crippen molar-refractivity contribution in [3.8, 4) is 17.0 Å². The van der Waals surface area contributed by atoms with Gasteiger partial charge in [-0.1, -0.05) is 24.3 Å². The van der Waals surface area contributed by atoms with Crippen LogP contribution in [0.5, 0.6) is 5.75 Å². The summed E-state index contributed by atoms with van der Waals surface area (Å²) >= 11 is 0. The van der Waals surface area contributed by atoms with Gasteiger partial charge in [0.2, 0.25) is 5.91 Å². The highest BCUT2D eigenvalue weighted by Gasteiger charge is 2.09. The van der Waals surface area contributed by atoms with Crippen LogP contribution in [-0.2, 0) is 17.9 Å². The maximum Gasteiger partial charge on any atom is 0.267 e. The molecule has 0 radical (unpaired) electrons. The Bertz CT molecular complexity index is 1020. The number of nitrogens with zero attached hydrogens (tertiary/aromatic N) is 2. The number of nitrogens with one attached hydrogen (secondary N) is 1. The summed E-state index contributed by atoms with van der Waals surface area (Å²) in [7, 11) is 1.57. The summed E-state index contributed by atoms with van der Waals surface area (Å²) in [5, 5.41) is 6.91. The molecule has 0 unspecified atom stereocenters. The minimum atomic E-state index is -0.392. The van der Waals surface area contributed by atoms with E-state index in [-0.39, 0.29) is 24.5 Å². The number of ether oxygens (including phenoxy) is 1. The summed E-state index contributed by atoms with van der Waals surface area (Å²) in [6.07, 6.45) is 0. The van der Waals surface area contributed by atoms with Crippen LogP contribution >= 0.6 is 0 Å². The van der Waals surface area contributed by atoms with Gasteiger partial charge in [-0.05, 0) is 35.9 Å². The average Bonchev–Trinajstić information content (AvgIpc) is 2.68. The van der Waals surface area contributed by atoms with Crippen molar-refractivity contribution in [2.45, 2.75) is 13.1 Å². The molecule has 0 aliphatic carbocycles. The molecule has 1 amide bonds. The lowest BCUT2D eigenvalue weighted by Crippen LogP contribution is -2.33. The molecular weight excluding hydrogens is 349 g/mol. The maximum atomic E-state index is 13.2. The SMILES string of the molecule is COc1cccc(-c2ccc(=O)n(CC(=O)NCc3cccc(F)c3)n2)c1. The first-order valence-corrected chi connectivity index (χ1v) is 8.29. The smallest absolute Gasteiger partial charge is 0.267 e. The number of methoxy groups -OCH3 is 1. The number of hydrogen-bond donors (Lipinski definition) is 1. The second-order valence-corrected chi connectivity index (χ2v) is 5.85. The van der Waals surface area contributed by atoms with Crippen molar-refractivity contribution in [2.75, 3.05) is 7.11 Å². The fraction of sp³-hybridized carbons (Fsp3) is 0.150. The van der Waals surface area contributed by atoms with Gasteiger partial charge in [0.25, 0.3) is 5.56 Å². The number of amides is 1. The van der Waals surface area contributed by atoms with E-state index in [1.54, 1.807) is 37.4 Å². The van der Waals surface area contributed by atoms with Crippen molar-refractivity contribution in [1.29, 1.82) is 0 Å². The molecule has 1 N–H and O–H groups in total. The van der Waals surface area contributed by atoms with E-state index in [1.807, 2.05) is 12.1 Å². The van der Waals surface area contributed by atoms with Crippen LogP contribution < -0.4 is 15.6 Å². The monoisotopic (exact) mass is 367 g/mol. The first kappa shape index (κ1) is 18.3. The largest absolute Gasteiger partial charge is 0.497 e. The second-order valence-electron chi connectivity index (χ2n) is 5.85. The molecule has 7 heteroatoms. The molecule has 0 atom stereocenters. The highest BCUT2D eigenvalue weighted by molar-refractivity contribution is 5.75. The Morgan fingerprint density at radius 1 is 1.15 bits per heavy atom. The van der Waals surface area contributed by atoms with Gasteiger partial charge in [0.05, 0.1) is 12.8 Å². The molecular formula is C20H18FN3O3. The normalized spacial score (nSPS) is 10.4. The molecule has 3 rings (SSSR count). The summed E-state index contributed by atoms with van der Waals surface area (Å²) in [6, 6.07) is 16.2. The predicted molar refractivity (Wildman–Crippen MR) is 98.7 cm³/mol. The first-order chi connectivity index (χ1) is 13.0. The molecule has 0 saturated heterocycles. The lowest BCUT2D eigenvalue weighted by atomic mass is 10.1. The minimum Gasteiger partial charge on any atom is -0.497 e. The topological polar surface area (TPSA) is 73.2 Å². The molecule has 0 spiro atoms. The first-order valence-electron chi connectivity index (χ1n) is 8.29. The molecule has 3 aromatic rings. The Kier molecular flexibility index (Phi) is 5.61. The van der Waals surface area contributed by atoms with E-state index >= 15 is 0 Å². The fourth-order valence-corrected chi connectivity index (χ4v) is 2.54. The van der Waals surface area contributed by atoms with E-state index < -0.39 is 5.91 Å². The average molecular weight is 367 g/mol. The van der Waals surface area contributed by atoms with Crippen LogP contribution in [0.1, 0.15) is 5.56 Å². The molecule has 0 bridgehead atoms. The Morgan fingerprint density at radius 2 is 1.96 bits per heavy atom. The maximum absolute atomic E-state index is 13.2. The molecule has 0 saturated carbocycles. The van der Waals surface area contributed by atoms with Crippen molar-refractivity contribution in [2.24, 2.45) is 0 Å². The van der Waals surface area contributed by atoms with Crippen molar-refractivity contribution < 1.29 is 13.9 Å². The molecule has 0 fully saturated rings. The van der Waals surface area contributed by atoms with Crippen molar-refractivity contribution >= 4 is 5.91 Å². The van der Waals surface area contributed by atoms with Gasteiger partial charge in [-0.15, -0.1) is 0 Å². The highest BCUT2D eigenvalue weighted by Crippen LogP contribution is 2.21. The molecule has 0 aliphatic rings. The van der Waals surface area contributed by atoms with Crippen LogP contribution in [-0.4, -0.2) is 22.8 Å². The standard InChI is InChI=1S/C20H18FN3O3/c1-27-17-7-3-5-15(11-17)18-8-9-20(26)24(23-18)13-19(25)22-12-14-4-2-6-16(21)10-14/h2-11H,12-13H2,1H3,(H,22,25). The number of halogens is 1. The van der Waals surface area contributed by atoms with Crippen LogP contribution in [0.2, 0.25) is 0 Å². The van der Waals surface area contributed by atoms with Crippen LogP contribution in [0, 0.1) is 5.82 Å². The van der Waals surface area contributed by atoms with Crippen LogP contribution in [0.25, 0.3) is 11.3 Å². The Labute approximate surface area is 155 Å². The van der Waals surface area contributed by atoms with Crippen molar-refractivity contribution in [1.82, 2.24) is 15.1 Å². The van der Waals surface area contributed by atoms with Crippen LogP contribution in [0.3, 0.4) is 0 Å². The van der Waals surface area contributed by atoms with Gasteiger partial charge in [-0.25, -0.2) is 9.07 Å². The van der Waals surface area contributed by atoms with Crippen molar-refractivity contribution in [3.63, 3.8) is 0 Å². The number of carbonyl (C=O) groups is 1. The van der Waals surface area contributed by atoms with Crippen LogP contribution in [0.4, 0.5) is 4.39 Å². The summed E-state index contributed by atoms with van der Waals surface area (Å²) in [5.74, 6) is -0.0952. The van der Waals surface area contributed by atoms with E-state index in [0.29, 0.717) is 17.0 Å². The lowest BCUT2D eigenvalue weighted by molar-refractivity contribution is -0.122. The van der Waals surface area contributed by atoms with Crippen LogP contribution in [0.15, 0.2) is 65.5 Å². The van der Waals surface area contributed by atoms with E-state index in [4.69, 9.17) is 4.74 Å². The third-order valence-electron chi connectivity index (χ3n) is 3.90. The van der Waals surface area contributed by atoms with Gasteiger partial charge >= 0.3 is 0 Å². The fourth-order valence-electron chi connectivity index (χ4n) is 2.54. The van der Waals surface area contributed by atoms with Crippen molar-refractivity contribution in [3.05, 3.63) is 82.4 Å². The number of aromatic nitrogens is 2. The number of carbonyl (C=O) groups excluding carboxylic acids is 1. The van der Waals surface area contributed by atoms with E-state index in [9.17, 15) is 14.0 Å². The van der Waals surface area contributed by atoms with E-state index in [0.717, 1.165) is 10.2 Å². The zero-order valence-electron chi connectivity index (χ0n) is 14.7. The van der Waals surface area contributed by atoms with Gasteiger partial charge in [-0.3, -0.25) is 9.59 Å². The second kappa shape index (κ2) is 8.27. The third-order valence-corrected chi connectivity index (χ3v) is 3.90. The van der Waals surface area contributed by atoms with Gasteiger partial charge in [0.15, 0.2) is 0 Å². The van der Waals surface area contributed by atoms with E-state index in [1.165, 1.54) is 18.2 Å². The highest BCUT2D eigenvalue weighted by atomic mass is 19.1. The molecule has 2 aromatic carbocycles. The number of hydrogen-bond acceptors (Lipinski definition) is 4. The molecule has 1 aromatic heterocycles. The van der Waals surface area contributed by atoms with E-state index in [2.05, 4.69) is 10.4 Å². The summed E-state index contributed by atoms with van der Waals surface area (Å²) in [4.78, 5) is 24.2. The number of benzene rings is 2. The summed E-state index contributed by atoms with van der Waals surface area (Å²) in [5.41, 5.74) is 1.56. The van der Waals surface area contributed by atoms with Gasteiger partial charge in [-0.2, -0.15) is 5.10 Å². The predicted octanol–water partition coefficient (Wildman–Crippen LogP) is 2.37. The van der Waals surface area contributed by atoms with Gasteiger partial charge in [0.1, 0.15) is 18.1 Å². The van der Waals surface area contributed by atoms with Gasteiger partial charge < -0.3 is 10.1 Å². The molecule has 0 aliphatic heterocycles. The molecule has 1 heterocycles. The zero-order valence-corrected chi connectivity index (χ0v) is 14.7. The Morgan fingerprint density at radius 3 is 2.74 bits per heavy atom. The summed E-state index contributed by atoms with van der Waals surface area (Å²) in [6.45, 7) is -0.0626. The quantitative estimate of drug-likeness (QED) is 0.726. The lowest BCUT2D eigenvalue weighted by Gasteiger charge is -2.09. The summed E-state index contributed by atoms with van der Waals surface area (Å²) < 4.78 is 19.5. The molecule has 138 valence electrons. The third kappa shape index (κ3) is 4.78. The minimum absolute atomic E-state index is 0.168. The van der Waals surface area contributed by atoms with Gasteiger partial charge in [0, 0.05) is 18.2 Å².